The highest BCUT2D eigenvalue weighted by Crippen LogP contribution is 2.42. The normalized spacial score (nSPS) is 39.2. The molecule has 0 N–H and O–H groups in total. The molecule has 0 unspecified atom stereocenters. The molecule has 1 heteroatoms. The highest BCUT2D eigenvalue weighted by Gasteiger charge is 2.34. The van der Waals surface area contributed by atoms with Gasteiger partial charge in [-0.05, 0) is 36.5 Å². The predicted molar refractivity (Wildman–Crippen MR) is 54.7 cm³/mol. The van der Waals surface area contributed by atoms with Crippen LogP contribution >= 0.6 is 0 Å². The van der Waals surface area contributed by atoms with E-state index in [2.05, 4.69) is 13.8 Å². The van der Waals surface area contributed by atoms with Crippen LogP contribution in [0.15, 0.2) is 0 Å². The highest BCUT2D eigenvalue weighted by molar-refractivity contribution is 4.84. The average Bonchev–Trinajstić information content (AvgIpc) is 2.22. The topological polar surface area (TPSA) is 9.23 Å². The molecule has 0 aromatic rings. The van der Waals surface area contributed by atoms with E-state index in [9.17, 15) is 0 Å². The van der Waals surface area contributed by atoms with Crippen molar-refractivity contribution in [2.24, 2.45) is 17.3 Å². The molecule has 2 saturated heterocycles. The van der Waals surface area contributed by atoms with E-state index in [1.54, 1.807) is 0 Å². The molecule has 1 nitrogen and oxygen atoms in total. The number of rotatable bonds is 0. The number of hydrogen-bond donors (Lipinski definition) is 0. The van der Waals surface area contributed by atoms with Crippen LogP contribution in [0.3, 0.4) is 0 Å². The molecule has 1 saturated carbocycles. The molecule has 1 aliphatic carbocycles. The van der Waals surface area contributed by atoms with Gasteiger partial charge < -0.3 is 4.74 Å². The van der Waals surface area contributed by atoms with Gasteiger partial charge in [-0.25, -0.2) is 0 Å². The van der Waals surface area contributed by atoms with Crippen molar-refractivity contribution < 1.29 is 4.74 Å². The van der Waals surface area contributed by atoms with E-state index >= 15 is 0 Å². The molecule has 13 heavy (non-hydrogen) atoms. The van der Waals surface area contributed by atoms with Crippen LogP contribution in [0.5, 0.6) is 0 Å². The minimum atomic E-state index is 0.426. The van der Waals surface area contributed by atoms with Crippen LogP contribution in [0.2, 0.25) is 0 Å². The molecule has 2 aliphatic heterocycles. The lowest BCUT2D eigenvalue weighted by Crippen LogP contribution is -2.30. The van der Waals surface area contributed by atoms with Crippen LogP contribution in [0.25, 0.3) is 0 Å². The summed E-state index contributed by atoms with van der Waals surface area (Å²) in [6.07, 6.45) is 7.11. The second-order valence-electron chi connectivity index (χ2n) is 5.55. The fraction of sp³-hybridized carbons (Fsp3) is 1.00. The SMILES string of the molecule is CC1(C)COCCC2CCC1CC2. The molecule has 2 heterocycles. The predicted octanol–water partition coefficient (Wildman–Crippen LogP) is 3.24. The van der Waals surface area contributed by atoms with E-state index < -0.39 is 0 Å². The molecule has 3 aliphatic rings. The largest absolute Gasteiger partial charge is 0.381 e. The van der Waals surface area contributed by atoms with Gasteiger partial charge in [0.1, 0.15) is 0 Å². The maximum Gasteiger partial charge on any atom is 0.0519 e. The quantitative estimate of drug-likeness (QED) is 0.559. The van der Waals surface area contributed by atoms with Gasteiger partial charge in [-0.3, -0.25) is 0 Å². The van der Waals surface area contributed by atoms with Crippen molar-refractivity contribution in [3.63, 3.8) is 0 Å². The standard InChI is InChI=1S/C12H22O/c1-12(2)9-13-8-7-10-3-5-11(12)6-4-10/h10-11H,3-9H2,1-2H3. The van der Waals surface area contributed by atoms with Crippen molar-refractivity contribution in [2.45, 2.75) is 46.0 Å². The second kappa shape index (κ2) is 3.61. The second-order valence-corrected chi connectivity index (χ2v) is 5.55. The maximum absolute atomic E-state index is 5.75. The molecule has 0 atom stereocenters. The summed E-state index contributed by atoms with van der Waals surface area (Å²) in [6, 6.07) is 0. The van der Waals surface area contributed by atoms with Crippen LogP contribution in [0.4, 0.5) is 0 Å². The highest BCUT2D eigenvalue weighted by atomic mass is 16.5. The molecule has 0 spiro atoms. The van der Waals surface area contributed by atoms with Crippen LogP contribution in [-0.4, -0.2) is 13.2 Å². The summed E-state index contributed by atoms with van der Waals surface area (Å²) in [7, 11) is 0. The van der Waals surface area contributed by atoms with Gasteiger partial charge in [-0.15, -0.1) is 0 Å². The molecule has 3 fully saturated rings. The first-order valence-electron chi connectivity index (χ1n) is 5.76. The molecular formula is C12H22O. The van der Waals surface area contributed by atoms with Gasteiger partial charge in [0.05, 0.1) is 6.61 Å². The monoisotopic (exact) mass is 182 g/mol. The van der Waals surface area contributed by atoms with Gasteiger partial charge in [0.2, 0.25) is 0 Å². The lowest BCUT2D eigenvalue weighted by Gasteiger charge is -2.37. The van der Waals surface area contributed by atoms with Crippen LogP contribution < -0.4 is 0 Å². The van der Waals surface area contributed by atoms with E-state index in [4.69, 9.17) is 4.74 Å². The Morgan fingerprint density at radius 2 is 1.69 bits per heavy atom. The van der Waals surface area contributed by atoms with E-state index in [1.807, 2.05) is 0 Å². The Bertz CT molecular complexity index is 166. The zero-order chi connectivity index (χ0) is 9.31. The maximum atomic E-state index is 5.75. The molecule has 0 aromatic carbocycles. The Hall–Kier alpha value is -0.0400. The van der Waals surface area contributed by atoms with Gasteiger partial charge in [0.25, 0.3) is 0 Å². The van der Waals surface area contributed by atoms with E-state index in [0.29, 0.717) is 5.41 Å². The molecular weight excluding hydrogens is 160 g/mol. The molecule has 0 amide bonds. The third kappa shape index (κ3) is 2.07. The van der Waals surface area contributed by atoms with E-state index in [1.165, 1.54) is 32.1 Å². The van der Waals surface area contributed by atoms with Crippen molar-refractivity contribution in [1.82, 2.24) is 0 Å². The minimum Gasteiger partial charge on any atom is -0.381 e. The summed E-state index contributed by atoms with van der Waals surface area (Å²) in [4.78, 5) is 0. The van der Waals surface area contributed by atoms with Crippen molar-refractivity contribution in [2.75, 3.05) is 13.2 Å². The summed E-state index contributed by atoms with van der Waals surface area (Å²) in [5.74, 6) is 1.90. The summed E-state index contributed by atoms with van der Waals surface area (Å²) in [5.41, 5.74) is 0.426. The number of ether oxygens (including phenoxy) is 1. The van der Waals surface area contributed by atoms with Crippen molar-refractivity contribution in [1.29, 1.82) is 0 Å². The van der Waals surface area contributed by atoms with Crippen molar-refractivity contribution >= 4 is 0 Å². The zero-order valence-corrected chi connectivity index (χ0v) is 9.01. The van der Waals surface area contributed by atoms with E-state index in [-0.39, 0.29) is 0 Å². The fourth-order valence-electron chi connectivity index (χ4n) is 2.94. The van der Waals surface area contributed by atoms with Gasteiger partial charge in [-0.1, -0.05) is 26.7 Å². The smallest absolute Gasteiger partial charge is 0.0519 e. The van der Waals surface area contributed by atoms with Crippen LogP contribution in [-0.2, 0) is 4.74 Å². The van der Waals surface area contributed by atoms with Crippen molar-refractivity contribution in [3.05, 3.63) is 0 Å². The third-order valence-corrected chi connectivity index (χ3v) is 4.10. The van der Waals surface area contributed by atoms with Gasteiger partial charge in [-0.2, -0.15) is 0 Å². The van der Waals surface area contributed by atoms with Crippen LogP contribution in [0.1, 0.15) is 46.0 Å². The summed E-state index contributed by atoms with van der Waals surface area (Å²) >= 11 is 0. The molecule has 2 bridgehead atoms. The first-order valence-corrected chi connectivity index (χ1v) is 5.76. The number of fused-ring (bicyclic) bond motifs is 6. The summed E-state index contributed by atoms with van der Waals surface area (Å²) in [6.45, 7) is 6.73. The van der Waals surface area contributed by atoms with Gasteiger partial charge in [0, 0.05) is 6.61 Å². The number of hydrogen-bond acceptors (Lipinski definition) is 1. The molecule has 0 aromatic heterocycles. The Morgan fingerprint density at radius 1 is 1.00 bits per heavy atom. The Balaban J connectivity index is 2.07. The fourth-order valence-corrected chi connectivity index (χ4v) is 2.94. The van der Waals surface area contributed by atoms with Crippen molar-refractivity contribution in [3.8, 4) is 0 Å². The lowest BCUT2D eigenvalue weighted by atomic mass is 9.69. The Kier molecular flexibility index (Phi) is 2.64. The molecule has 0 radical (unpaired) electrons. The molecule has 3 rings (SSSR count). The third-order valence-electron chi connectivity index (χ3n) is 4.10. The van der Waals surface area contributed by atoms with Gasteiger partial charge >= 0.3 is 0 Å². The summed E-state index contributed by atoms with van der Waals surface area (Å²) in [5, 5.41) is 0. The molecule has 76 valence electrons. The Labute approximate surface area is 81.9 Å². The lowest BCUT2D eigenvalue weighted by molar-refractivity contribution is 0.0318. The van der Waals surface area contributed by atoms with E-state index in [0.717, 1.165) is 25.0 Å². The average molecular weight is 182 g/mol. The zero-order valence-electron chi connectivity index (χ0n) is 9.01. The summed E-state index contributed by atoms with van der Waals surface area (Å²) < 4.78 is 5.75. The first kappa shape index (κ1) is 9.51. The van der Waals surface area contributed by atoms with Crippen LogP contribution in [0, 0.1) is 17.3 Å². The minimum absolute atomic E-state index is 0.426. The first-order chi connectivity index (χ1) is 6.18. The van der Waals surface area contributed by atoms with Gasteiger partial charge in [0.15, 0.2) is 0 Å². The Morgan fingerprint density at radius 3 is 2.38 bits per heavy atom.